The number of furan rings is 1. The van der Waals surface area contributed by atoms with Crippen LogP contribution in [0.25, 0.3) is 0 Å². The van der Waals surface area contributed by atoms with Gasteiger partial charge in [-0.25, -0.2) is 0 Å². The van der Waals surface area contributed by atoms with Crippen LogP contribution < -0.4 is 10.6 Å². The molecule has 1 aromatic carbocycles. The Kier molecular flexibility index (Phi) is 6.07. The molecule has 1 atom stereocenters. The van der Waals surface area contributed by atoms with Gasteiger partial charge in [-0.15, -0.1) is 0 Å². The van der Waals surface area contributed by atoms with Gasteiger partial charge in [0.25, 0.3) is 5.91 Å². The second-order valence-corrected chi connectivity index (χ2v) is 5.27. The number of hydrogen-bond donors (Lipinski definition) is 2. The molecule has 136 valence electrons. The van der Waals surface area contributed by atoms with Crippen LogP contribution >= 0.6 is 0 Å². The minimum atomic E-state index is -4.44. The molecular formula is C18H15F3N2O3. The van der Waals surface area contributed by atoms with Gasteiger partial charge in [0, 0.05) is 5.56 Å². The molecule has 8 heteroatoms. The smallest absolute Gasteiger partial charge is 0.416 e. The van der Waals surface area contributed by atoms with Crippen molar-refractivity contribution in [2.24, 2.45) is 0 Å². The molecule has 2 amide bonds. The molecule has 0 aliphatic heterocycles. The van der Waals surface area contributed by atoms with Crippen LogP contribution in [0, 0.1) is 11.8 Å². The maximum absolute atomic E-state index is 12.6. The lowest BCUT2D eigenvalue weighted by atomic mass is 10.1. The molecule has 0 bridgehead atoms. The standard InChI is InChI=1S/C18H15F3N2O3/c1-12(23-17(25)15-8-4-10-26-15)16(24)22-9-3-6-13-5-2-7-14(11-13)18(19,20)21/h2,4-5,7-8,10-12H,9H2,1H3,(H,22,24)(H,23,25). The number of nitrogens with one attached hydrogen (secondary N) is 2. The maximum atomic E-state index is 12.6. The number of alkyl halides is 3. The number of amides is 2. The summed E-state index contributed by atoms with van der Waals surface area (Å²) in [5, 5.41) is 4.91. The highest BCUT2D eigenvalue weighted by molar-refractivity contribution is 5.95. The van der Waals surface area contributed by atoms with Gasteiger partial charge in [-0.1, -0.05) is 17.9 Å². The lowest BCUT2D eigenvalue weighted by Gasteiger charge is -2.11. The van der Waals surface area contributed by atoms with Gasteiger partial charge in [0.05, 0.1) is 18.4 Å². The normalized spacial score (nSPS) is 11.8. The molecule has 0 saturated carbocycles. The molecule has 0 spiro atoms. The molecule has 0 aliphatic rings. The first-order valence-corrected chi connectivity index (χ1v) is 7.55. The topological polar surface area (TPSA) is 71.3 Å². The molecule has 0 saturated heterocycles. The Bertz CT molecular complexity index is 833. The predicted molar refractivity (Wildman–Crippen MR) is 87.0 cm³/mol. The Hall–Kier alpha value is -3.21. The number of rotatable bonds is 4. The zero-order valence-electron chi connectivity index (χ0n) is 13.7. The number of carbonyl (C=O) groups excluding carboxylic acids is 2. The van der Waals surface area contributed by atoms with Gasteiger partial charge >= 0.3 is 6.18 Å². The van der Waals surface area contributed by atoms with Gasteiger partial charge in [-0.3, -0.25) is 9.59 Å². The molecule has 0 fully saturated rings. The van der Waals surface area contributed by atoms with Gasteiger partial charge in [-0.05, 0) is 37.3 Å². The summed E-state index contributed by atoms with van der Waals surface area (Å²) in [6, 6.07) is 6.76. The second-order valence-electron chi connectivity index (χ2n) is 5.27. The summed E-state index contributed by atoms with van der Waals surface area (Å²) in [6.45, 7) is 1.41. The van der Waals surface area contributed by atoms with E-state index < -0.39 is 29.6 Å². The first kappa shape index (κ1) is 19.1. The van der Waals surface area contributed by atoms with E-state index in [1.54, 1.807) is 6.07 Å². The summed E-state index contributed by atoms with van der Waals surface area (Å²) in [5.74, 6) is 4.17. The fraction of sp³-hybridized carbons (Fsp3) is 0.222. The quantitative estimate of drug-likeness (QED) is 0.820. The Balaban J connectivity index is 1.85. The van der Waals surface area contributed by atoms with Crippen LogP contribution in [0.2, 0.25) is 0 Å². The lowest BCUT2D eigenvalue weighted by molar-refractivity contribution is -0.137. The van der Waals surface area contributed by atoms with Crippen molar-refractivity contribution in [3.05, 3.63) is 59.5 Å². The van der Waals surface area contributed by atoms with E-state index in [0.717, 1.165) is 12.1 Å². The van der Waals surface area contributed by atoms with Crippen LogP contribution in [-0.4, -0.2) is 24.4 Å². The highest BCUT2D eigenvalue weighted by Crippen LogP contribution is 2.29. The Morgan fingerprint density at radius 3 is 2.65 bits per heavy atom. The van der Waals surface area contributed by atoms with Crippen molar-refractivity contribution in [1.82, 2.24) is 10.6 Å². The third-order valence-electron chi connectivity index (χ3n) is 3.26. The minimum absolute atomic E-state index is 0.0734. The fourth-order valence-corrected chi connectivity index (χ4v) is 1.95. The van der Waals surface area contributed by atoms with Crippen LogP contribution in [-0.2, 0) is 11.0 Å². The summed E-state index contributed by atoms with van der Waals surface area (Å²) in [4.78, 5) is 23.6. The lowest BCUT2D eigenvalue weighted by Crippen LogP contribution is -2.44. The number of hydrogen-bond acceptors (Lipinski definition) is 3. The highest BCUT2D eigenvalue weighted by atomic mass is 19.4. The van der Waals surface area contributed by atoms with Crippen molar-refractivity contribution in [1.29, 1.82) is 0 Å². The van der Waals surface area contributed by atoms with Crippen molar-refractivity contribution in [2.75, 3.05) is 6.54 Å². The van der Waals surface area contributed by atoms with Crippen molar-refractivity contribution in [3.8, 4) is 11.8 Å². The summed E-state index contributed by atoms with van der Waals surface area (Å²) in [6.07, 6.45) is -3.10. The molecule has 0 aliphatic carbocycles. The third kappa shape index (κ3) is 5.41. The molecule has 2 aromatic rings. The van der Waals surface area contributed by atoms with Gasteiger partial charge in [0.1, 0.15) is 6.04 Å². The molecule has 26 heavy (non-hydrogen) atoms. The molecule has 2 N–H and O–H groups in total. The molecule has 5 nitrogen and oxygen atoms in total. The fourth-order valence-electron chi connectivity index (χ4n) is 1.95. The summed E-state index contributed by atoms with van der Waals surface area (Å²) >= 11 is 0. The maximum Gasteiger partial charge on any atom is 0.416 e. The molecule has 1 heterocycles. The van der Waals surface area contributed by atoms with Crippen LogP contribution in [0.3, 0.4) is 0 Å². The van der Waals surface area contributed by atoms with Crippen LogP contribution in [0.5, 0.6) is 0 Å². The van der Waals surface area contributed by atoms with E-state index in [1.165, 1.54) is 31.4 Å². The van der Waals surface area contributed by atoms with Crippen molar-refractivity contribution >= 4 is 11.8 Å². The number of halogens is 3. The van der Waals surface area contributed by atoms with E-state index in [1.807, 2.05) is 0 Å². The van der Waals surface area contributed by atoms with E-state index in [0.29, 0.717) is 0 Å². The monoisotopic (exact) mass is 364 g/mol. The highest BCUT2D eigenvalue weighted by Gasteiger charge is 2.30. The molecule has 0 radical (unpaired) electrons. The van der Waals surface area contributed by atoms with Crippen LogP contribution in [0.1, 0.15) is 28.6 Å². The Labute approximate surface area is 147 Å². The molecule has 1 unspecified atom stereocenters. The van der Waals surface area contributed by atoms with E-state index in [4.69, 9.17) is 4.42 Å². The van der Waals surface area contributed by atoms with Crippen LogP contribution in [0.4, 0.5) is 13.2 Å². The van der Waals surface area contributed by atoms with Crippen molar-refractivity contribution < 1.29 is 27.2 Å². The predicted octanol–water partition coefficient (Wildman–Crippen LogP) is 2.58. The summed E-state index contributed by atoms with van der Waals surface area (Å²) in [7, 11) is 0. The van der Waals surface area contributed by atoms with Gasteiger partial charge in [-0.2, -0.15) is 13.2 Å². The third-order valence-corrected chi connectivity index (χ3v) is 3.26. The molecule has 1 aromatic heterocycles. The zero-order valence-corrected chi connectivity index (χ0v) is 13.7. The zero-order chi connectivity index (χ0) is 19.2. The van der Waals surface area contributed by atoms with Gasteiger partial charge in [0.15, 0.2) is 5.76 Å². The average Bonchev–Trinajstić information content (AvgIpc) is 3.12. The first-order valence-electron chi connectivity index (χ1n) is 7.55. The van der Waals surface area contributed by atoms with E-state index in [-0.39, 0.29) is 17.9 Å². The van der Waals surface area contributed by atoms with Crippen molar-refractivity contribution in [3.63, 3.8) is 0 Å². The van der Waals surface area contributed by atoms with E-state index in [2.05, 4.69) is 22.5 Å². The van der Waals surface area contributed by atoms with E-state index in [9.17, 15) is 22.8 Å². The van der Waals surface area contributed by atoms with Crippen LogP contribution in [0.15, 0.2) is 47.1 Å². The van der Waals surface area contributed by atoms with Gasteiger partial charge in [0.2, 0.25) is 5.91 Å². The molecule has 2 rings (SSSR count). The number of carbonyl (C=O) groups is 2. The van der Waals surface area contributed by atoms with E-state index >= 15 is 0 Å². The van der Waals surface area contributed by atoms with Gasteiger partial charge < -0.3 is 15.1 Å². The largest absolute Gasteiger partial charge is 0.459 e. The first-order chi connectivity index (χ1) is 12.3. The second kappa shape index (κ2) is 8.25. The minimum Gasteiger partial charge on any atom is -0.459 e. The Morgan fingerprint density at radius 1 is 1.23 bits per heavy atom. The van der Waals surface area contributed by atoms with Crippen molar-refractivity contribution in [2.45, 2.75) is 19.1 Å². The Morgan fingerprint density at radius 2 is 2.00 bits per heavy atom. The average molecular weight is 364 g/mol. The SMILES string of the molecule is CC(NC(=O)c1ccco1)C(=O)NCC#Cc1cccc(C(F)(F)F)c1. The molecular weight excluding hydrogens is 349 g/mol. The summed E-state index contributed by atoms with van der Waals surface area (Å²) < 4.78 is 42.7. The summed E-state index contributed by atoms with van der Waals surface area (Å²) in [5.41, 5.74) is -0.601. The number of benzene rings is 1.